The van der Waals surface area contributed by atoms with Crippen molar-refractivity contribution in [2.24, 2.45) is 5.92 Å². The van der Waals surface area contributed by atoms with Crippen molar-refractivity contribution in [1.82, 2.24) is 4.37 Å². The third kappa shape index (κ3) is 2.53. The molecule has 0 aliphatic heterocycles. The number of ether oxygens (including phenoxy) is 1. The largest absolute Gasteiger partial charge is 0.490 e. The van der Waals surface area contributed by atoms with Gasteiger partial charge in [0.2, 0.25) is 0 Å². The van der Waals surface area contributed by atoms with Crippen LogP contribution in [0.15, 0.2) is 0 Å². The molecule has 1 saturated carbocycles. The maximum Gasteiger partial charge on any atom is 0.197 e. The van der Waals surface area contributed by atoms with E-state index in [1.54, 1.807) is 7.11 Å². The van der Waals surface area contributed by atoms with Crippen LogP contribution in [0.4, 0.5) is 10.8 Å². The van der Waals surface area contributed by atoms with Crippen LogP contribution in [0.1, 0.15) is 26.2 Å². The van der Waals surface area contributed by atoms with Gasteiger partial charge in [0.15, 0.2) is 16.6 Å². The van der Waals surface area contributed by atoms with Crippen molar-refractivity contribution in [2.45, 2.75) is 32.2 Å². The molecule has 5 heteroatoms. The van der Waals surface area contributed by atoms with E-state index in [1.165, 1.54) is 30.8 Å². The van der Waals surface area contributed by atoms with Crippen molar-refractivity contribution >= 4 is 22.4 Å². The molecular formula is C10H17N3OS. The summed E-state index contributed by atoms with van der Waals surface area (Å²) in [4.78, 5) is 0. The maximum absolute atomic E-state index is 5.68. The number of nitrogen functional groups attached to an aromatic ring is 1. The molecule has 0 radical (unpaired) electrons. The number of rotatable bonds is 5. The maximum atomic E-state index is 5.68. The number of nitrogens with one attached hydrogen (secondary N) is 1. The van der Waals surface area contributed by atoms with Crippen LogP contribution < -0.4 is 15.8 Å². The number of methoxy groups -OCH3 is 1. The van der Waals surface area contributed by atoms with Crippen LogP contribution in [0.25, 0.3) is 0 Å². The molecule has 1 unspecified atom stereocenters. The Labute approximate surface area is 94.0 Å². The van der Waals surface area contributed by atoms with Crippen molar-refractivity contribution in [3.8, 4) is 5.75 Å². The third-order valence-corrected chi connectivity index (χ3v) is 3.41. The van der Waals surface area contributed by atoms with Crippen LogP contribution in [-0.2, 0) is 0 Å². The number of hydrogen-bond donors (Lipinski definition) is 2. The summed E-state index contributed by atoms with van der Waals surface area (Å²) in [5.41, 5.74) is 5.68. The molecule has 15 heavy (non-hydrogen) atoms. The lowest BCUT2D eigenvalue weighted by molar-refractivity contribution is 0.419. The monoisotopic (exact) mass is 227 g/mol. The normalized spacial score (nSPS) is 17.5. The Hall–Kier alpha value is -0.970. The molecule has 0 aromatic carbocycles. The first-order valence-electron chi connectivity index (χ1n) is 5.26. The van der Waals surface area contributed by atoms with Crippen molar-refractivity contribution in [3.63, 3.8) is 0 Å². The fraction of sp³-hybridized carbons (Fsp3) is 0.700. The second-order valence-electron chi connectivity index (χ2n) is 4.15. The smallest absolute Gasteiger partial charge is 0.197 e. The lowest BCUT2D eigenvalue weighted by Crippen LogP contribution is -2.15. The van der Waals surface area contributed by atoms with Crippen LogP contribution in [-0.4, -0.2) is 17.5 Å². The second kappa shape index (κ2) is 4.26. The Morgan fingerprint density at radius 3 is 3.00 bits per heavy atom. The third-order valence-electron chi connectivity index (χ3n) is 2.64. The molecule has 0 spiro atoms. The minimum absolute atomic E-state index is 0.464. The van der Waals surface area contributed by atoms with Gasteiger partial charge in [0, 0.05) is 6.04 Å². The van der Waals surface area contributed by atoms with Gasteiger partial charge in [-0.25, -0.2) is 0 Å². The van der Waals surface area contributed by atoms with Crippen LogP contribution in [0.2, 0.25) is 0 Å². The van der Waals surface area contributed by atoms with Crippen LogP contribution >= 0.6 is 11.5 Å². The summed E-state index contributed by atoms with van der Waals surface area (Å²) in [5, 5.41) is 4.35. The summed E-state index contributed by atoms with van der Waals surface area (Å²) in [6.07, 6.45) is 3.99. The van der Waals surface area contributed by atoms with E-state index in [0.717, 1.165) is 10.9 Å². The van der Waals surface area contributed by atoms with Gasteiger partial charge in [0.25, 0.3) is 0 Å². The van der Waals surface area contributed by atoms with Gasteiger partial charge in [-0.15, -0.1) is 0 Å². The van der Waals surface area contributed by atoms with E-state index in [1.807, 2.05) is 0 Å². The molecule has 84 valence electrons. The van der Waals surface area contributed by atoms with Crippen LogP contribution in [0.3, 0.4) is 0 Å². The highest BCUT2D eigenvalue weighted by atomic mass is 32.1. The molecule has 0 amide bonds. The summed E-state index contributed by atoms with van der Waals surface area (Å²) >= 11 is 1.37. The van der Waals surface area contributed by atoms with E-state index in [-0.39, 0.29) is 0 Å². The molecule has 2 rings (SSSR count). The van der Waals surface area contributed by atoms with Gasteiger partial charge in [0.1, 0.15) is 0 Å². The Morgan fingerprint density at radius 1 is 1.67 bits per heavy atom. The minimum Gasteiger partial charge on any atom is -0.490 e. The number of hydrogen-bond acceptors (Lipinski definition) is 5. The van der Waals surface area contributed by atoms with E-state index in [4.69, 9.17) is 10.5 Å². The number of anilines is 2. The molecule has 1 aromatic rings. The van der Waals surface area contributed by atoms with E-state index >= 15 is 0 Å². The average Bonchev–Trinajstić information content (AvgIpc) is 2.92. The van der Waals surface area contributed by atoms with E-state index in [2.05, 4.69) is 16.6 Å². The minimum atomic E-state index is 0.464. The first-order chi connectivity index (χ1) is 7.20. The van der Waals surface area contributed by atoms with Gasteiger partial charge in [-0.3, -0.25) is 0 Å². The van der Waals surface area contributed by atoms with Gasteiger partial charge in [-0.05, 0) is 30.8 Å². The summed E-state index contributed by atoms with van der Waals surface area (Å²) in [6, 6.07) is 0.464. The zero-order valence-electron chi connectivity index (χ0n) is 9.12. The molecule has 4 nitrogen and oxygen atoms in total. The number of nitrogens with two attached hydrogens (primary N) is 1. The van der Waals surface area contributed by atoms with E-state index in [0.29, 0.717) is 17.6 Å². The number of aromatic nitrogens is 1. The van der Waals surface area contributed by atoms with Gasteiger partial charge in [-0.1, -0.05) is 12.8 Å². The molecule has 1 aliphatic carbocycles. The average molecular weight is 227 g/mol. The van der Waals surface area contributed by atoms with Crippen molar-refractivity contribution in [1.29, 1.82) is 0 Å². The zero-order chi connectivity index (χ0) is 10.8. The second-order valence-corrected chi connectivity index (χ2v) is 4.93. The zero-order valence-corrected chi connectivity index (χ0v) is 9.93. The molecular weight excluding hydrogens is 210 g/mol. The molecule has 0 saturated heterocycles. The summed E-state index contributed by atoms with van der Waals surface area (Å²) in [5.74, 6) is 2.08. The molecule has 1 aliphatic rings. The summed E-state index contributed by atoms with van der Waals surface area (Å²) < 4.78 is 9.27. The van der Waals surface area contributed by atoms with Gasteiger partial charge < -0.3 is 15.8 Å². The Bertz CT molecular complexity index is 335. The summed E-state index contributed by atoms with van der Waals surface area (Å²) in [7, 11) is 1.62. The lowest BCUT2D eigenvalue weighted by atomic mass is 10.2. The molecule has 0 bridgehead atoms. The predicted molar refractivity (Wildman–Crippen MR) is 63.5 cm³/mol. The van der Waals surface area contributed by atoms with Crippen molar-refractivity contribution in [2.75, 3.05) is 18.2 Å². The van der Waals surface area contributed by atoms with Gasteiger partial charge >= 0.3 is 0 Å². The van der Waals surface area contributed by atoms with Crippen LogP contribution in [0.5, 0.6) is 5.75 Å². The molecule has 3 N–H and O–H groups in total. The standard InChI is InChI=1S/C10H17N3OS/c1-6(5-7-3-4-7)12-10-8(14-2)9(11)13-15-10/h6-7,12H,3-5H2,1-2H3,(H2,11,13). The Morgan fingerprint density at radius 2 is 2.40 bits per heavy atom. The van der Waals surface area contributed by atoms with E-state index < -0.39 is 0 Å². The van der Waals surface area contributed by atoms with Crippen molar-refractivity contribution < 1.29 is 4.74 Å². The SMILES string of the molecule is COc1c(N)nsc1NC(C)CC1CC1. The van der Waals surface area contributed by atoms with Gasteiger partial charge in [0.05, 0.1) is 7.11 Å². The molecule has 1 fully saturated rings. The summed E-state index contributed by atoms with van der Waals surface area (Å²) in [6.45, 7) is 2.19. The first-order valence-corrected chi connectivity index (χ1v) is 6.03. The Balaban J connectivity index is 1.95. The van der Waals surface area contributed by atoms with Crippen LogP contribution in [0, 0.1) is 5.92 Å². The van der Waals surface area contributed by atoms with Crippen molar-refractivity contribution in [3.05, 3.63) is 0 Å². The predicted octanol–water partition coefficient (Wildman–Crippen LogP) is 2.33. The first kappa shape index (κ1) is 10.5. The van der Waals surface area contributed by atoms with Gasteiger partial charge in [-0.2, -0.15) is 4.37 Å². The van der Waals surface area contributed by atoms with E-state index in [9.17, 15) is 0 Å². The topological polar surface area (TPSA) is 60.2 Å². The number of nitrogens with zero attached hydrogens (tertiary/aromatic N) is 1. The quantitative estimate of drug-likeness (QED) is 0.810. The lowest BCUT2D eigenvalue weighted by Gasteiger charge is -2.13. The highest BCUT2D eigenvalue weighted by Gasteiger charge is 2.24. The Kier molecular flexibility index (Phi) is 3.00. The molecule has 1 heterocycles. The molecule has 1 aromatic heterocycles. The molecule has 1 atom stereocenters. The fourth-order valence-electron chi connectivity index (χ4n) is 1.72. The highest BCUT2D eigenvalue weighted by Crippen LogP contribution is 2.38. The fourth-order valence-corrected chi connectivity index (χ4v) is 2.52. The highest BCUT2D eigenvalue weighted by molar-refractivity contribution is 7.11.